The average molecular weight is 388 g/mol. The van der Waals surface area contributed by atoms with Crippen molar-refractivity contribution in [1.82, 2.24) is 5.32 Å². The third-order valence-corrected chi connectivity index (χ3v) is 3.87. The van der Waals surface area contributed by atoms with Crippen molar-refractivity contribution in [3.8, 4) is 17.2 Å². The molecular weight excluding hydrogens is 372 g/mol. The van der Waals surface area contributed by atoms with E-state index < -0.39 is 11.6 Å². The summed E-state index contributed by atoms with van der Waals surface area (Å²) in [6.07, 6.45) is 0. The number of amides is 1. The Bertz CT molecular complexity index is 726. The summed E-state index contributed by atoms with van der Waals surface area (Å²) in [7, 11) is 0. The Labute approximate surface area is 153 Å². The highest BCUT2D eigenvalue weighted by Crippen LogP contribution is 2.31. The lowest BCUT2D eigenvalue weighted by Gasteiger charge is -2.11. The fourth-order valence-electron chi connectivity index (χ4n) is 1.88. The minimum atomic E-state index is -0.732. The largest absolute Gasteiger partial charge is 0.490 e. The molecule has 0 saturated carbocycles. The summed E-state index contributed by atoms with van der Waals surface area (Å²) < 4.78 is 37.2. The number of halogens is 3. The van der Waals surface area contributed by atoms with Crippen molar-refractivity contribution in [2.75, 3.05) is 18.9 Å². The maximum atomic E-state index is 13.2. The van der Waals surface area contributed by atoms with E-state index in [2.05, 4.69) is 5.32 Å². The summed E-state index contributed by atoms with van der Waals surface area (Å²) in [5, 5.41) is 2.86. The zero-order valence-electron chi connectivity index (χ0n) is 13.4. The van der Waals surface area contributed by atoms with E-state index in [1.807, 2.05) is 6.92 Å². The maximum absolute atomic E-state index is 13.2. The number of carbonyl (C=O) groups is 1. The third-order valence-electron chi connectivity index (χ3n) is 2.88. The van der Waals surface area contributed by atoms with E-state index in [-0.39, 0.29) is 22.6 Å². The number of thioether (sulfide) groups is 1. The van der Waals surface area contributed by atoms with Crippen LogP contribution in [0.1, 0.15) is 6.92 Å². The Morgan fingerprint density at radius 3 is 2.52 bits per heavy atom. The lowest BCUT2D eigenvalue weighted by atomic mass is 10.3. The molecule has 8 heteroatoms. The Hall–Kier alpha value is -1.99. The van der Waals surface area contributed by atoms with Crippen LogP contribution in [0.25, 0.3) is 0 Å². The summed E-state index contributed by atoms with van der Waals surface area (Å²) in [4.78, 5) is 11.3. The van der Waals surface area contributed by atoms with Crippen molar-refractivity contribution in [3.63, 3.8) is 0 Å². The molecule has 0 aliphatic rings. The molecule has 2 rings (SSSR count). The number of hydrogen-bond acceptors (Lipinski definition) is 4. The van der Waals surface area contributed by atoms with Gasteiger partial charge in [0.1, 0.15) is 35.5 Å². The fraction of sp³-hybridized carbons (Fsp3) is 0.235. The quantitative estimate of drug-likeness (QED) is 0.659. The maximum Gasteiger partial charge on any atom is 0.279 e. The molecule has 2 aromatic rings. The first-order valence-electron chi connectivity index (χ1n) is 7.45. The first-order chi connectivity index (χ1) is 12.0. The normalized spacial score (nSPS) is 10.4. The van der Waals surface area contributed by atoms with Gasteiger partial charge in [-0.05, 0) is 17.9 Å². The molecule has 0 fully saturated rings. The first kappa shape index (κ1) is 19.3. The summed E-state index contributed by atoms with van der Waals surface area (Å²) in [6.45, 7) is 2.50. The lowest BCUT2D eigenvalue weighted by molar-refractivity contribution is 0.256. The average Bonchev–Trinajstić information content (AvgIpc) is 2.52. The van der Waals surface area contributed by atoms with E-state index in [0.29, 0.717) is 23.8 Å². The van der Waals surface area contributed by atoms with Crippen molar-refractivity contribution < 1.29 is 23.0 Å². The molecule has 0 aliphatic heterocycles. The van der Waals surface area contributed by atoms with Crippen LogP contribution in [0.2, 0.25) is 5.02 Å². The molecule has 0 aromatic heterocycles. The van der Waals surface area contributed by atoms with E-state index in [9.17, 15) is 13.6 Å². The van der Waals surface area contributed by atoms with E-state index in [4.69, 9.17) is 21.1 Å². The van der Waals surface area contributed by atoms with Crippen molar-refractivity contribution in [3.05, 3.63) is 53.1 Å². The predicted octanol–water partition coefficient (Wildman–Crippen LogP) is 5.25. The second kappa shape index (κ2) is 9.48. The monoisotopic (exact) mass is 387 g/mol. The summed E-state index contributed by atoms with van der Waals surface area (Å²) in [5.74, 6) is -0.00581. The zero-order valence-corrected chi connectivity index (χ0v) is 14.9. The molecule has 0 radical (unpaired) electrons. The first-order valence-corrected chi connectivity index (χ1v) is 8.81. The van der Waals surface area contributed by atoms with Crippen LogP contribution >= 0.6 is 23.4 Å². The molecule has 0 unspecified atom stereocenters. The molecule has 1 N–H and O–H groups in total. The van der Waals surface area contributed by atoms with E-state index in [1.54, 1.807) is 12.1 Å². The number of rotatable bonds is 7. The highest BCUT2D eigenvalue weighted by atomic mass is 35.5. The zero-order chi connectivity index (χ0) is 18.2. The van der Waals surface area contributed by atoms with Gasteiger partial charge >= 0.3 is 0 Å². The number of nitrogens with one attached hydrogen (secondary N) is 1. The number of carbonyl (C=O) groups excluding carboxylic acids is 1. The molecule has 134 valence electrons. The smallest absolute Gasteiger partial charge is 0.279 e. The van der Waals surface area contributed by atoms with Gasteiger partial charge in [-0.25, -0.2) is 8.78 Å². The fourth-order valence-corrected chi connectivity index (χ4v) is 2.57. The van der Waals surface area contributed by atoms with Crippen LogP contribution in [0.4, 0.5) is 13.6 Å². The van der Waals surface area contributed by atoms with Gasteiger partial charge in [0.25, 0.3) is 5.24 Å². The summed E-state index contributed by atoms with van der Waals surface area (Å²) in [5.41, 5.74) is 0. The van der Waals surface area contributed by atoms with Crippen molar-refractivity contribution in [1.29, 1.82) is 0 Å². The molecule has 0 aliphatic carbocycles. The van der Waals surface area contributed by atoms with Gasteiger partial charge in [-0.2, -0.15) is 0 Å². The van der Waals surface area contributed by atoms with Gasteiger partial charge in [0.2, 0.25) is 0 Å². The third kappa shape index (κ3) is 6.43. The second-order valence-electron chi connectivity index (χ2n) is 4.80. The van der Waals surface area contributed by atoms with Crippen LogP contribution in [0.3, 0.4) is 0 Å². The lowest BCUT2D eigenvalue weighted by Crippen LogP contribution is -2.24. The second-order valence-corrected chi connectivity index (χ2v) is 6.44. The minimum Gasteiger partial charge on any atom is -0.490 e. The summed E-state index contributed by atoms with van der Waals surface area (Å²) in [6, 6.07) is 7.52. The van der Waals surface area contributed by atoms with Gasteiger partial charge in [0.15, 0.2) is 0 Å². The number of ether oxygens (including phenoxy) is 2. The van der Waals surface area contributed by atoms with Crippen molar-refractivity contribution in [2.24, 2.45) is 0 Å². The molecule has 4 nitrogen and oxygen atoms in total. The highest BCUT2D eigenvalue weighted by molar-refractivity contribution is 8.13. The van der Waals surface area contributed by atoms with Crippen LogP contribution in [-0.2, 0) is 0 Å². The molecule has 0 saturated heterocycles. The molecule has 1 amide bonds. The Morgan fingerprint density at radius 2 is 1.88 bits per heavy atom. The number of benzene rings is 2. The van der Waals surface area contributed by atoms with Crippen LogP contribution in [0, 0.1) is 11.6 Å². The van der Waals surface area contributed by atoms with Crippen LogP contribution in [0.5, 0.6) is 17.2 Å². The van der Waals surface area contributed by atoms with E-state index >= 15 is 0 Å². The van der Waals surface area contributed by atoms with E-state index in [0.717, 1.165) is 18.2 Å². The molecule has 2 aromatic carbocycles. The number of hydrogen-bond donors (Lipinski definition) is 1. The van der Waals surface area contributed by atoms with Crippen LogP contribution in [0.15, 0.2) is 36.4 Å². The van der Waals surface area contributed by atoms with Crippen LogP contribution < -0.4 is 14.8 Å². The van der Waals surface area contributed by atoms with Gasteiger partial charge in [0.05, 0.1) is 11.6 Å². The Balaban J connectivity index is 1.90. The Kier molecular flexibility index (Phi) is 7.33. The SMILES string of the molecule is CCSC(=O)NCCOc1ccc(Oc2cc(F)cc(F)c2)cc1Cl. The molecule has 0 atom stereocenters. The standard InChI is InChI=1S/C17H16ClF2NO3S/c1-2-25-17(22)21-5-6-23-16-4-3-13(10-15(16)18)24-14-8-11(19)7-12(20)9-14/h3-4,7-10H,2,5-6H2,1H3,(H,21,22). The summed E-state index contributed by atoms with van der Waals surface area (Å²) >= 11 is 7.29. The van der Waals surface area contributed by atoms with Gasteiger partial charge in [-0.1, -0.05) is 30.3 Å². The van der Waals surface area contributed by atoms with Gasteiger partial charge < -0.3 is 14.8 Å². The highest BCUT2D eigenvalue weighted by Gasteiger charge is 2.07. The van der Waals surface area contributed by atoms with Gasteiger partial charge in [-0.3, -0.25) is 4.79 Å². The molecule has 0 spiro atoms. The van der Waals surface area contributed by atoms with Crippen molar-refractivity contribution in [2.45, 2.75) is 6.92 Å². The molecular formula is C17H16ClF2NO3S. The molecule has 0 heterocycles. The van der Waals surface area contributed by atoms with Crippen molar-refractivity contribution >= 4 is 28.6 Å². The minimum absolute atomic E-state index is 0.0263. The molecule has 0 bridgehead atoms. The van der Waals surface area contributed by atoms with E-state index in [1.165, 1.54) is 17.8 Å². The molecule has 25 heavy (non-hydrogen) atoms. The van der Waals surface area contributed by atoms with Crippen LogP contribution in [-0.4, -0.2) is 24.1 Å². The van der Waals surface area contributed by atoms with Gasteiger partial charge in [0, 0.05) is 24.3 Å². The predicted molar refractivity (Wildman–Crippen MR) is 94.9 cm³/mol. The topological polar surface area (TPSA) is 47.6 Å². The Morgan fingerprint density at radius 1 is 1.16 bits per heavy atom. The van der Waals surface area contributed by atoms with Gasteiger partial charge in [-0.15, -0.1) is 0 Å².